The number of hydrogen-bond acceptors (Lipinski definition) is 3. The minimum atomic E-state index is -4.67. The lowest BCUT2D eigenvalue weighted by Crippen LogP contribution is -2.30. The minimum Gasteiger partial charge on any atom is -0.264 e. The van der Waals surface area contributed by atoms with Gasteiger partial charge >= 0.3 is 10.4 Å². The van der Waals surface area contributed by atoms with Crippen molar-refractivity contribution in [1.82, 2.24) is 4.98 Å². The molecular weight excluding hydrogens is 196 g/mol. The molecule has 6 nitrogen and oxygen atoms in total. The van der Waals surface area contributed by atoms with Gasteiger partial charge in [0.1, 0.15) is 6.54 Å². The molecule has 1 aromatic heterocycles. The molecule has 2 N–H and O–H groups in total. The fourth-order valence-corrected chi connectivity index (χ4v) is 0.558. The van der Waals surface area contributed by atoms with Crippen LogP contribution >= 0.6 is 0 Å². The van der Waals surface area contributed by atoms with Crippen molar-refractivity contribution in [2.45, 2.75) is 13.5 Å². The van der Waals surface area contributed by atoms with Crippen LogP contribution in [0.3, 0.4) is 0 Å². The van der Waals surface area contributed by atoms with E-state index < -0.39 is 10.4 Å². The molecule has 0 saturated carbocycles. The third kappa shape index (κ3) is 10.9. The second-order valence-corrected chi connectivity index (χ2v) is 2.92. The molecule has 0 radical (unpaired) electrons. The first-order chi connectivity index (χ1) is 5.93. The Labute approximate surface area is 76.4 Å². The molecule has 0 saturated heterocycles. The molecule has 0 aliphatic carbocycles. The predicted molar refractivity (Wildman–Crippen MR) is 44.3 cm³/mol. The van der Waals surface area contributed by atoms with Crippen LogP contribution in [0.25, 0.3) is 0 Å². The van der Waals surface area contributed by atoms with Gasteiger partial charge in [0.15, 0.2) is 12.4 Å². The molecule has 0 aliphatic rings. The largest absolute Gasteiger partial charge is 0.394 e. The first-order valence-electron chi connectivity index (χ1n) is 3.42. The van der Waals surface area contributed by atoms with Crippen molar-refractivity contribution in [3.8, 4) is 0 Å². The lowest BCUT2D eigenvalue weighted by Gasteiger charge is -1.84. The average molecular weight is 207 g/mol. The third-order valence-electron chi connectivity index (χ3n) is 1.05. The van der Waals surface area contributed by atoms with Crippen molar-refractivity contribution in [2.75, 3.05) is 0 Å². The molecule has 0 amide bonds. The van der Waals surface area contributed by atoms with Gasteiger partial charge in [-0.25, -0.2) is 4.57 Å². The summed E-state index contributed by atoms with van der Waals surface area (Å²) < 4.78 is 33.6. The molecule has 1 heterocycles. The first kappa shape index (κ1) is 11.9. The van der Waals surface area contributed by atoms with Crippen molar-refractivity contribution < 1.29 is 22.1 Å². The summed E-state index contributed by atoms with van der Waals surface area (Å²) in [6.07, 6.45) is 7.45. The van der Waals surface area contributed by atoms with Crippen molar-refractivity contribution in [2.24, 2.45) is 0 Å². The van der Waals surface area contributed by atoms with Crippen LogP contribution in [0.4, 0.5) is 0 Å². The summed E-state index contributed by atoms with van der Waals surface area (Å²) in [5, 5.41) is 0. The highest BCUT2D eigenvalue weighted by molar-refractivity contribution is 7.79. The molecule has 0 fully saturated rings. The highest BCUT2D eigenvalue weighted by Crippen LogP contribution is 1.67. The van der Waals surface area contributed by atoms with Crippen LogP contribution in [0.15, 0.2) is 24.8 Å². The van der Waals surface area contributed by atoms with Crippen molar-refractivity contribution in [3.05, 3.63) is 24.8 Å². The Bertz CT molecular complexity index is 316. The molecule has 0 unspecified atom stereocenters. The van der Waals surface area contributed by atoms with Gasteiger partial charge in [-0.3, -0.25) is 14.1 Å². The monoisotopic (exact) mass is 207 g/mol. The summed E-state index contributed by atoms with van der Waals surface area (Å²) in [7, 11) is -4.67. The van der Waals surface area contributed by atoms with Crippen LogP contribution < -0.4 is 4.57 Å². The zero-order valence-corrected chi connectivity index (χ0v) is 7.85. The van der Waals surface area contributed by atoms with E-state index >= 15 is 0 Å². The molecule has 0 aliphatic heterocycles. The molecular formula is C6H11N2O4S+. The van der Waals surface area contributed by atoms with Crippen molar-refractivity contribution >= 4 is 10.4 Å². The van der Waals surface area contributed by atoms with E-state index in [2.05, 4.69) is 16.5 Å². The summed E-state index contributed by atoms with van der Waals surface area (Å²) in [6.45, 7) is 3.11. The van der Waals surface area contributed by atoms with Crippen molar-refractivity contribution in [1.29, 1.82) is 0 Å². The van der Waals surface area contributed by atoms with Crippen molar-refractivity contribution in [3.63, 3.8) is 0 Å². The van der Waals surface area contributed by atoms with E-state index in [1.165, 1.54) is 0 Å². The Kier molecular flexibility index (Phi) is 5.12. The Morgan fingerprint density at radius 2 is 1.69 bits per heavy atom. The van der Waals surface area contributed by atoms with E-state index in [-0.39, 0.29) is 0 Å². The number of aryl methyl sites for hydroxylation is 1. The van der Waals surface area contributed by atoms with Crippen LogP contribution in [-0.4, -0.2) is 22.5 Å². The SMILES string of the molecule is CC[n+]1ccncc1.O=S(=O)(O)O. The second-order valence-electron chi connectivity index (χ2n) is 2.02. The van der Waals surface area contributed by atoms with Gasteiger partial charge in [0, 0.05) is 0 Å². The predicted octanol–water partition coefficient (Wildman–Crippen LogP) is -0.264. The van der Waals surface area contributed by atoms with Gasteiger partial charge < -0.3 is 0 Å². The van der Waals surface area contributed by atoms with E-state index in [0.29, 0.717) is 0 Å². The normalized spacial score (nSPS) is 10.1. The minimum absolute atomic E-state index is 1.02. The molecule has 0 atom stereocenters. The maximum atomic E-state index is 8.74. The summed E-state index contributed by atoms with van der Waals surface area (Å²) >= 11 is 0. The molecule has 13 heavy (non-hydrogen) atoms. The van der Waals surface area contributed by atoms with Crippen LogP contribution in [0, 0.1) is 0 Å². The van der Waals surface area contributed by atoms with E-state index in [0.717, 1.165) is 6.54 Å². The highest BCUT2D eigenvalue weighted by atomic mass is 32.3. The Balaban J connectivity index is 0.000000252. The summed E-state index contributed by atoms with van der Waals surface area (Å²) in [4.78, 5) is 3.87. The zero-order chi connectivity index (χ0) is 10.3. The fourth-order valence-electron chi connectivity index (χ4n) is 0.558. The number of aromatic nitrogens is 2. The van der Waals surface area contributed by atoms with Crippen LogP contribution in [-0.2, 0) is 16.9 Å². The highest BCUT2D eigenvalue weighted by Gasteiger charge is 1.87. The standard InChI is InChI=1S/C6H9N2.H2O4S/c1-2-8-5-3-7-4-6-8;1-5(2,3)4/h3-6H,2H2,1H3;(H2,1,2,3,4)/q+1;. The van der Waals surface area contributed by atoms with Gasteiger partial charge in [-0.1, -0.05) is 0 Å². The smallest absolute Gasteiger partial charge is 0.264 e. The van der Waals surface area contributed by atoms with E-state index in [1.54, 1.807) is 12.4 Å². The van der Waals surface area contributed by atoms with Crippen LogP contribution in [0.5, 0.6) is 0 Å². The Hall–Kier alpha value is -1.05. The second kappa shape index (κ2) is 5.57. The molecule has 1 aromatic rings. The molecule has 0 spiro atoms. The lowest BCUT2D eigenvalue weighted by molar-refractivity contribution is -0.694. The van der Waals surface area contributed by atoms with Crippen LogP contribution in [0.1, 0.15) is 6.92 Å². The summed E-state index contributed by atoms with van der Waals surface area (Å²) in [6, 6.07) is 0. The van der Waals surface area contributed by atoms with E-state index in [9.17, 15) is 0 Å². The number of hydrogen-bond donors (Lipinski definition) is 2. The van der Waals surface area contributed by atoms with E-state index in [4.69, 9.17) is 17.5 Å². The molecule has 0 bridgehead atoms. The molecule has 7 heteroatoms. The molecule has 1 rings (SSSR count). The first-order valence-corrected chi connectivity index (χ1v) is 4.82. The van der Waals surface area contributed by atoms with Gasteiger partial charge in [-0.2, -0.15) is 8.42 Å². The number of rotatable bonds is 1. The maximum absolute atomic E-state index is 8.74. The quantitative estimate of drug-likeness (QED) is 0.489. The Morgan fingerprint density at radius 3 is 1.92 bits per heavy atom. The van der Waals surface area contributed by atoms with Gasteiger partial charge in [-0.05, 0) is 6.92 Å². The maximum Gasteiger partial charge on any atom is 0.394 e. The van der Waals surface area contributed by atoms with Gasteiger partial charge in [0.25, 0.3) is 0 Å². The molecule has 0 aromatic carbocycles. The zero-order valence-electron chi connectivity index (χ0n) is 7.03. The van der Waals surface area contributed by atoms with E-state index in [1.807, 2.05) is 12.4 Å². The summed E-state index contributed by atoms with van der Waals surface area (Å²) in [5.74, 6) is 0. The Morgan fingerprint density at radius 1 is 1.31 bits per heavy atom. The van der Waals surface area contributed by atoms with Crippen LogP contribution in [0.2, 0.25) is 0 Å². The average Bonchev–Trinajstić information content (AvgIpc) is 2.03. The third-order valence-corrected chi connectivity index (χ3v) is 1.05. The fraction of sp³-hybridized carbons (Fsp3) is 0.333. The molecule has 74 valence electrons. The van der Waals surface area contributed by atoms with Gasteiger partial charge in [0.05, 0.1) is 12.4 Å². The van der Waals surface area contributed by atoms with Gasteiger partial charge in [-0.15, -0.1) is 0 Å². The number of nitrogens with zero attached hydrogens (tertiary/aromatic N) is 2. The topological polar surface area (TPSA) is 91.4 Å². The summed E-state index contributed by atoms with van der Waals surface area (Å²) in [5.41, 5.74) is 0. The lowest BCUT2D eigenvalue weighted by atomic mass is 10.6. The van der Waals surface area contributed by atoms with Gasteiger partial charge in [0.2, 0.25) is 0 Å².